The van der Waals surface area contributed by atoms with Gasteiger partial charge in [-0.3, -0.25) is 0 Å². The van der Waals surface area contributed by atoms with Crippen LogP contribution in [0.3, 0.4) is 0 Å². The van der Waals surface area contributed by atoms with Gasteiger partial charge in [0, 0.05) is 37.1 Å². The van der Waals surface area contributed by atoms with Gasteiger partial charge in [-0.2, -0.15) is 0 Å². The van der Waals surface area contributed by atoms with Gasteiger partial charge in [-0.15, -0.1) is 11.3 Å². The third-order valence-corrected chi connectivity index (χ3v) is 12.8. The van der Waals surface area contributed by atoms with Gasteiger partial charge in [-0.05, 0) is 99.7 Å². The maximum atomic E-state index is 2.49. The van der Waals surface area contributed by atoms with E-state index in [0.717, 1.165) is 11.4 Å². The molecule has 0 spiro atoms. The normalized spacial score (nSPS) is 13.3. The Hall–Kier alpha value is -6.22. The Labute approximate surface area is 334 Å². The van der Waals surface area contributed by atoms with Crippen molar-refractivity contribution in [2.45, 2.75) is 38.0 Å². The average molecular weight is 738 g/mol. The van der Waals surface area contributed by atoms with E-state index in [1.807, 2.05) is 11.3 Å². The molecule has 1 nitrogen and oxygen atoms in total. The lowest BCUT2D eigenvalue weighted by Crippen LogP contribution is -2.12. The number of anilines is 3. The predicted octanol–water partition coefficient (Wildman–Crippen LogP) is 16.2. The summed E-state index contributed by atoms with van der Waals surface area (Å²) in [5.74, 6) is 0.596. The Kier molecular flexibility index (Phi) is 9.27. The molecule has 1 aliphatic carbocycles. The van der Waals surface area contributed by atoms with Crippen molar-refractivity contribution in [2.75, 3.05) is 4.90 Å². The average Bonchev–Trinajstić information content (AvgIpc) is 3.66. The van der Waals surface area contributed by atoms with Crippen LogP contribution in [0.1, 0.15) is 43.6 Å². The van der Waals surface area contributed by atoms with E-state index in [1.165, 1.54) is 108 Å². The van der Waals surface area contributed by atoms with Crippen LogP contribution in [0.2, 0.25) is 0 Å². The van der Waals surface area contributed by atoms with Gasteiger partial charge < -0.3 is 4.90 Å². The van der Waals surface area contributed by atoms with Crippen LogP contribution in [0.5, 0.6) is 0 Å². The van der Waals surface area contributed by atoms with Crippen LogP contribution in [0, 0.1) is 0 Å². The molecule has 1 fully saturated rings. The first kappa shape index (κ1) is 34.3. The Balaban J connectivity index is 1.16. The summed E-state index contributed by atoms with van der Waals surface area (Å²) in [6.45, 7) is 0. The number of para-hydroxylation sites is 1. The molecule has 0 atom stereocenters. The molecule has 1 heterocycles. The maximum Gasteiger partial charge on any atom is 0.0540 e. The second kappa shape index (κ2) is 15.1. The molecule has 56 heavy (non-hydrogen) atoms. The topological polar surface area (TPSA) is 3.24 Å². The molecular weight excluding hydrogens is 695 g/mol. The lowest BCUT2D eigenvalue weighted by Gasteiger charge is -2.30. The second-order valence-electron chi connectivity index (χ2n) is 15.1. The summed E-state index contributed by atoms with van der Waals surface area (Å²) in [5.41, 5.74) is 14.9. The first-order valence-electron chi connectivity index (χ1n) is 20.0. The summed E-state index contributed by atoms with van der Waals surface area (Å²) in [4.78, 5) is 2.49. The van der Waals surface area contributed by atoms with Crippen molar-refractivity contribution in [1.82, 2.24) is 0 Å². The van der Waals surface area contributed by atoms with Crippen molar-refractivity contribution >= 4 is 48.6 Å². The number of nitrogens with zero attached hydrogens (tertiary/aromatic N) is 1. The fourth-order valence-electron chi connectivity index (χ4n) is 9.05. The molecule has 10 rings (SSSR count). The van der Waals surface area contributed by atoms with E-state index in [1.54, 1.807) is 0 Å². The van der Waals surface area contributed by atoms with Crippen molar-refractivity contribution in [3.05, 3.63) is 200 Å². The summed E-state index contributed by atoms with van der Waals surface area (Å²) in [6, 6.07) is 71.7. The Morgan fingerprint density at radius 3 is 1.70 bits per heavy atom. The largest absolute Gasteiger partial charge is 0.310 e. The first-order valence-corrected chi connectivity index (χ1v) is 20.9. The zero-order valence-corrected chi connectivity index (χ0v) is 32.3. The van der Waals surface area contributed by atoms with E-state index in [4.69, 9.17) is 0 Å². The molecule has 8 aromatic carbocycles. The molecule has 1 aliphatic rings. The quantitative estimate of drug-likeness (QED) is 0.150. The van der Waals surface area contributed by atoms with E-state index in [-0.39, 0.29) is 0 Å². The highest BCUT2D eigenvalue weighted by molar-refractivity contribution is 7.25. The summed E-state index contributed by atoms with van der Waals surface area (Å²) in [7, 11) is 0. The van der Waals surface area contributed by atoms with Gasteiger partial charge >= 0.3 is 0 Å². The number of benzene rings is 8. The predicted molar refractivity (Wildman–Crippen MR) is 242 cm³/mol. The van der Waals surface area contributed by atoms with E-state index < -0.39 is 0 Å². The van der Waals surface area contributed by atoms with Crippen LogP contribution in [0.25, 0.3) is 64.7 Å². The molecule has 2 heteroatoms. The molecule has 0 unspecified atom stereocenters. The Morgan fingerprint density at radius 2 is 0.964 bits per heavy atom. The first-order chi connectivity index (χ1) is 27.8. The van der Waals surface area contributed by atoms with Crippen molar-refractivity contribution in [3.63, 3.8) is 0 Å². The minimum atomic E-state index is 0.596. The molecule has 0 amide bonds. The molecule has 1 aromatic heterocycles. The van der Waals surface area contributed by atoms with Gasteiger partial charge in [-0.1, -0.05) is 177 Å². The van der Waals surface area contributed by atoms with Crippen LogP contribution >= 0.6 is 11.3 Å². The van der Waals surface area contributed by atoms with Crippen molar-refractivity contribution in [2.24, 2.45) is 0 Å². The minimum Gasteiger partial charge on any atom is -0.310 e. The van der Waals surface area contributed by atoms with Gasteiger partial charge in [0.1, 0.15) is 0 Å². The number of hydrogen-bond donors (Lipinski definition) is 0. The van der Waals surface area contributed by atoms with Crippen LogP contribution in [-0.2, 0) is 0 Å². The lowest BCUT2D eigenvalue weighted by molar-refractivity contribution is 0.444. The molecule has 0 saturated heterocycles. The van der Waals surface area contributed by atoms with Crippen LogP contribution < -0.4 is 4.90 Å². The van der Waals surface area contributed by atoms with Gasteiger partial charge in [0.25, 0.3) is 0 Å². The van der Waals surface area contributed by atoms with Crippen molar-refractivity contribution < 1.29 is 0 Å². The summed E-state index contributed by atoms with van der Waals surface area (Å²) < 4.78 is 2.62. The fourth-order valence-corrected chi connectivity index (χ4v) is 10.2. The fraction of sp³-hybridized carbons (Fsp3) is 0.111. The minimum absolute atomic E-state index is 0.596. The molecule has 1 saturated carbocycles. The number of rotatable bonds is 8. The number of thiophene rings is 1. The SMILES string of the molecule is c1ccc(-c2cccc(-c3ccccc3)c2-c2ccc(N(c3ccc4c(c3)sc3ccccc34)c3ccccc3-c3ccccc3C3CCCCC3)cc2)cc1. The highest BCUT2D eigenvalue weighted by Crippen LogP contribution is 2.47. The van der Waals surface area contributed by atoms with Crippen molar-refractivity contribution in [1.29, 1.82) is 0 Å². The molecule has 9 aromatic rings. The Bertz CT molecular complexity index is 2720. The van der Waals surface area contributed by atoms with Crippen LogP contribution in [0.4, 0.5) is 17.1 Å². The molecule has 0 radical (unpaired) electrons. The highest BCUT2D eigenvalue weighted by Gasteiger charge is 2.24. The standard InChI is InChI=1S/C54H43NS/c1-4-17-38(18-5-1)44-23-10-11-24-47(44)48-25-12-14-29-51(48)55(43-35-36-50-49-26-13-15-30-52(49)56-53(50)37-43)42-33-31-41(32-34-42)54-45(39-19-6-2-7-20-39)27-16-28-46(54)40-21-8-3-9-22-40/h2-3,6-16,19-38H,1,4-5,17-18H2. The zero-order chi connectivity index (χ0) is 37.3. The molecule has 270 valence electrons. The Morgan fingerprint density at radius 1 is 0.393 bits per heavy atom. The zero-order valence-electron chi connectivity index (χ0n) is 31.4. The second-order valence-corrected chi connectivity index (χ2v) is 16.1. The summed E-state index contributed by atoms with van der Waals surface area (Å²) >= 11 is 1.88. The monoisotopic (exact) mass is 737 g/mol. The van der Waals surface area contributed by atoms with Gasteiger partial charge in [-0.25, -0.2) is 0 Å². The van der Waals surface area contributed by atoms with E-state index in [2.05, 4.69) is 199 Å². The maximum absolute atomic E-state index is 2.49. The number of hydrogen-bond acceptors (Lipinski definition) is 2. The molecular formula is C54H43NS. The van der Waals surface area contributed by atoms with Gasteiger partial charge in [0.2, 0.25) is 0 Å². The van der Waals surface area contributed by atoms with Crippen LogP contribution in [-0.4, -0.2) is 0 Å². The van der Waals surface area contributed by atoms with Gasteiger partial charge in [0.05, 0.1) is 5.69 Å². The van der Waals surface area contributed by atoms with Gasteiger partial charge in [0.15, 0.2) is 0 Å². The summed E-state index contributed by atoms with van der Waals surface area (Å²) in [5, 5.41) is 2.63. The third-order valence-electron chi connectivity index (χ3n) is 11.7. The van der Waals surface area contributed by atoms with Crippen molar-refractivity contribution in [3.8, 4) is 44.5 Å². The highest BCUT2D eigenvalue weighted by atomic mass is 32.1. The molecule has 0 N–H and O–H groups in total. The molecule has 0 aliphatic heterocycles. The molecule has 0 bridgehead atoms. The van der Waals surface area contributed by atoms with E-state index in [9.17, 15) is 0 Å². The van der Waals surface area contributed by atoms with Crippen LogP contribution in [0.15, 0.2) is 194 Å². The lowest BCUT2D eigenvalue weighted by atomic mass is 9.80. The third kappa shape index (κ3) is 6.40. The number of fused-ring (bicyclic) bond motifs is 3. The smallest absolute Gasteiger partial charge is 0.0540 e. The van der Waals surface area contributed by atoms with E-state index in [0.29, 0.717) is 5.92 Å². The van der Waals surface area contributed by atoms with E-state index >= 15 is 0 Å². The summed E-state index contributed by atoms with van der Waals surface area (Å²) in [6.07, 6.45) is 6.51.